The number of hydrogen-bond acceptors (Lipinski definition) is 2. The molecule has 1 atom stereocenters. The number of aromatic nitrogens is 1. The Balaban J connectivity index is 1.54. The van der Waals surface area contributed by atoms with E-state index in [1.54, 1.807) is 7.11 Å². The van der Waals surface area contributed by atoms with E-state index in [4.69, 9.17) is 4.74 Å². The maximum absolute atomic E-state index is 5.39. The van der Waals surface area contributed by atoms with E-state index in [0.29, 0.717) is 5.92 Å². The fourth-order valence-corrected chi connectivity index (χ4v) is 3.05. The van der Waals surface area contributed by atoms with Crippen molar-refractivity contribution in [1.29, 1.82) is 0 Å². The molecule has 0 aliphatic rings. The minimum atomic E-state index is 0.573. The third-order valence-corrected chi connectivity index (χ3v) is 4.24. The molecule has 0 aliphatic heterocycles. The van der Waals surface area contributed by atoms with Crippen molar-refractivity contribution in [3.8, 4) is 5.75 Å². The first-order chi connectivity index (χ1) is 11.3. The van der Waals surface area contributed by atoms with Crippen LogP contribution in [0.2, 0.25) is 0 Å². The van der Waals surface area contributed by atoms with Crippen LogP contribution in [0.3, 0.4) is 0 Å². The average Bonchev–Trinajstić information content (AvgIpc) is 2.98. The number of aromatic amines is 1. The van der Waals surface area contributed by atoms with E-state index in [1.807, 2.05) is 12.1 Å². The van der Waals surface area contributed by atoms with E-state index in [1.165, 1.54) is 22.0 Å². The first kappa shape index (κ1) is 15.6. The predicted molar refractivity (Wildman–Crippen MR) is 95.9 cm³/mol. The second-order valence-corrected chi connectivity index (χ2v) is 6.11. The normalized spacial score (nSPS) is 12.4. The van der Waals surface area contributed by atoms with E-state index in [-0.39, 0.29) is 0 Å². The third kappa shape index (κ3) is 3.74. The summed E-state index contributed by atoms with van der Waals surface area (Å²) in [7, 11) is 1.72. The molecule has 0 saturated heterocycles. The number of benzene rings is 2. The molecule has 1 heterocycles. The fourth-order valence-electron chi connectivity index (χ4n) is 3.05. The zero-order valence-corrected chi connectivity index (χ0v) is 13.8. The second-order valence-electron chi connectivity index (χ2n) is 6.11. The predicted octanol–water partition coefficient (Wildman–Crippen LogP) is 4.14. The van der Waals surface area contributed by atoms with E-state index < -0.39 is 0 Å². The molecule has 2 N–H and O–H groups in total. The molecule has 2 aromatic carbocycles. The van der Waals surface area contributed by atoms with Gasteiger partial charge in [-0.1, -0.05) is 43.3 Å². The molecule has 3 heteroatoms. The van der Waals surface area contributed by atoms with E-state index in [9.17, 15) is 0 Å². The van der Waals surface area contributed by atoms with Gasteiger partial charge in [0.05, 0.1) is 7.11 Å². The van der Waals surface area contributed by atoms with Gasteiger partial charge in [-0.3, -0.25) is 0 Å². The maximum Gasteiger partial charge on any atom is 0.123 e. The highest BCUT2D eigenvalue weighted by atomic mass is 16.5. The van der Waals surface area contributed by atoms with Gasteiger partial charge in [0.1, 0.15) is 5.75 Å². The fraction of sp³-hybridized carbons (Fsp3) is 0.300. The van der Waals surface area contributed by atoms with E-state index in [0.717, 1.165) is 25.3 Å². The van der Waals surface area contributed by atoms with Crippen LogP contribution in [0, 0.1) is 5.92 Å². The zero-order chi connectivity index (χ0) is 16.1. The van der Waals surface area contributed by atoms with E-state index in [2.05, 4.69) is 59.8 Å². The molecule has 23 heavy (non-hydrogen) atoms. The van der Waals surface area contributed by atoms with Gasteiger partial charge < -0.3 is 15.0 Å². The smallest absolute Gasteiger partial charge is 0.123 e. The molecule has 1 aromatic heterocycles. The number of hydrogen-bond donors (Lipinski definition) is 2. The lowest BCUT2D eigenvalue weighted by Crippen LogP contribution is -2.22. The van der Waals surface area contributed by atoms with Crippen LogP contribution in [0.25, 0.3) is 10.9 Å². The molecular formula is C20H24N2O. The molecule has 0 fully saturated rings. The number of nitrogens with one attached hydrogen (secondary N) is 2. The van der Waals surface area contributed by atoms with Gasteiger partial charge in [0.25, 0.3) is 0 Å². The van der Waals surface area contributed by atoms with Crippen molar-refractivity contribution in [1.82, 2.24) is 10.3 Å². The monoisotopic (exact) mass is 308 g/mol. The van der Waals surface area contributed by atoms with Crippen molar-refractivity contribution in [2.45, 2.75) is 19.9 Å². The molecule has 3 nitrogen and oxygen atoms in total. The molecule has 120 valence electrons. The summed E-state index contributed by atoms with van der Waals surface area (Å²) >= 11 is 0. The molecule has 3 aromatic rings. The van der Waals surface area contributed by atoms with Crippen LogP contribution in [-0.4, -0.2) is 18.6 Å². The number of H-pyrrole nitrogens is 1. The summed E-state index contributed by atoms with van der Waals surface area (Å²) in [5, 5.41) is 4.88. The molecular weight excluding hydrogens is 284 g/mol. The van der Waals surface area contributed by atoms with Crippen molar-refractivity contribution in [2.24, 2.45) is 5.92 Å². The molecule has 0 spiro atoms. The Labute approximate surface area is 137 Å². The Morgan fingerprint density at radius 1 is 1.04 bits per heavy atom. The highest BCUT2D eigenvalue weighted by molar-refractivity contribution is 5.83. The SMILES string of the molecule is COc1ccccc1CNC[C@H](C)Cc1c[nH]c2ccccc12. The highest BCUT2D eigenvalue weighted by Gasteiger charge is 2.09. The van der Waals surface area contributed by atoms with Gasteiger partial charge in [-0.2, -0.15) is 0 Å². The molecule has 0 radical (unpaired) electrons. The Morgan fingerprint density at radius 2 is 1.83 bits per heavy atom. The van der Waals surface area contributed by atoms with Gasteiger partial charge in [-0.05, 0) is 36.6 Å². The van der Waals surface area contributed by atoms with Gasteiger partial charge in [-0.15, -0.1) is 0 Å². The number of fused-ring (bicyclic) bond motifs is 1. The summed E-state index contributed by atoms with van der Waals surface area (Å²) in [6, 6.07) is 16.7. The lowest BCUT2D eigenvalue weighted by Gasteiger charge is -2.14. The summed E-state index contributed by atoms with van der Waals surface area (Å²) in [5.41, 5.74) is 3.82. The maximum atomic E-state index is 5.39. The number of rotatable bonds is 7. The van der Waals surface area contributed by atoms with Gasteiger partial charge in [-0.25, -0.2) is 0 Å². The Bertz CT molecular complexity index is 763. The lowest BCUT2D eigenvalue weighted by molar-refractivity contribution is 0.406. The minimum Gasteiger partial charge on any atom is -0.496 e. The number of ether oxygens (including phenoxy) is 1. The summed E-state index contributed by atoms with van der Waals surface area (Å²) in [5.74, 6) is 1.52. The third-order valence-electron chi connectivity index (χ3n) is 4.24. The van der Waals surface area contributed by atoms with Crippen LogP contribution in [-0.2, 0) is 13.0 Å². The van der Waals surface area contributed by atoms with Gasteiger partial charge in [0, 0.05) is 29.2 Å². The first-order valence-corrected chi connectivity index (χ1v) is 8.15. The molecule has 0 aliphatic carbocycles. The Morgan fingerprint density at radius 3 is 2.70 bits per heavy atom. The molecule has 3 rings (SSSR count). The minimum absolute atomic E-state index is 0.573. The summed E-state index contributed by atoms with van der Waals surface area (Å²) < 4.78 is 5.39. The Kier molecular flexibility index (Phi) is 4.99. The largest absolute Gasteiger partial charge is 0.496 e. The molecule has 0 saturated carbocycles. The first-order valence-electron chi connectivity index (χ1n) is 8.15. The summed E-state index contributed by atoms with van der Waals surface area (Å²) in [4.78, 5) is 3.35. The van der Waals surface area contributed by atoms with Crippen molar-refractivity contribution in [3.63, 3.8) is 0 Å². The molecule has 0 bridgehead atoms. The van der Waals surface area contributed by atoms with Crippen LogP contribution in [0.15, 0.2) is 54.7 Å². The lowest BCUT2D eigenvalue weighted by atomic mass is 10.0. The van der Waals surface area contributed by atoms with Gasteiger partial charge >= 0.3 is 0 Å². The number of methoxy groups -OCH3 is 1. The standard InChI is InChI=1S/C20H24N2O/c1-15(11-17-14-22-19-9-5-4-8-18(17)19)12-21-13-16-7-3-6-10-20(16)23-2/h3-10,14-15,21-22H,11-13H2,1-2H3/t15-/m1/s1. The van der Waals surface area contributed by atoms with Crippen molar-refractivity contribution < 1.29 is 4.74 Å². The van der Waals surface area contributed by atoms with Crippen LogP contribution in [0.1, 0.15) is 18.1 Å². The zero-order valence-electron chi connectivity index (χ0n) is 13.8. The van der Waals surface area contributed by atoms with Crippen LogP contribution >= 0.6 is 0 Å². The molecule has 0 unspecified atom stereocenters. The van der Waals surface area contributed by atoms with Gasteiger partial charge in [0.2, 0.25) is 0 Å². The number of para-hydroxylation sites is 2. The van der Waals surface area contributed by atoms with Crippen LogP contribution < -0.4 is 10.1 Å². The van der Waals surface area contributed by atoms with Crippen molar-refractivity contribution >= 4 is 10.9 Å². The van der Waals surface area contributed by atoms with Crippen LogP contribution in [0.5, 0.6) is 5.75 Å². The Hall–Kier alpha value is -2.26. The summed E-state index contributed by atoms with van der Waals surface area (Å²) in [6.45, 7) is 4.11. The van der Waals surface area contributed by atoms with Crippen molar-refractivity contribution in [3.05, 3.63) is 65.9 Å². The molecule has 0 amide bonds. The second kappa shape index (κ2) is 7.34. The van der Waals surface area contributed by atoms with Gasteiger partial charge in [0.15, 0.2) is 0 Å². The summed E-state index contributed by atoms with van der Waals surface area (Å²) in [6.07, 6.45) is 3.21. The highest BCUT2D eigenvalue weighted by Crippen LogP contribution is 2.21. The topological polar surface area (TPSA) is 37.0 Å². The van der Waals surface area contributed by atoms with Crippen molar-refractivity contribution in [2.75, 3.05) is 13.7 Å². The van der Waals surface area contributed by atoms with Crippen LogP contribution in [0.4, 0.5) is 0 Å². The average molecular weight is 308 g/mol. The quantitative estimate of drug-likeness (QED) is 0.688. The van der Waals surface area contributed by atoms with E-state index >= 15 is 0 Å².